The molecule has 0 saturated heterocycles. The number of fused-ring (bicyclic) bond motifs is 1. The van der Waals surface area contributed by atoms with Gasteiger partial charge in [-0.1, -0.05) is 39.3 Å². The van der Waals surface area contributed by atoms with Crippen molar-refractivity contribution in [2.75, 3.05) is 0 Å². The van der Waals surface area contributed by atoms with Gasteiger partial charge < -0.3 is 5.11 Å². The van der Waals surface area contributed by atoms with E-state index in [1.54, 1.807) is 0 Å². The Balaban J connectivity index is 2.06. The van der Waals surface area contributed by atoms with Crippen molar-refractivity contribution in [3.8, 4) is 0 Å². The molecule has 0 aromatic carbocycles. The highest BCUT2D eigenvalue weighted by atomic mass is 16.3. The first-order chi connectivity index (χ1) is 9.47. The first kappa shape index (κ1) is 15.8. The van der Waals surface area contributed by atoms with E-state index in [2.05, 4.69) is 20.4 Å². The maximum atomic E-state index is 11.9. The molecule has 0 amide bonds. The lowest BCUT2D eigenvalue weighted by molar-refractivity contribution is -0.122. The highest BCUT2D eigenvalue weighted by molar-refractivity contribution is 5.80. The fraction of sp³-hybridized carbons (Fsp3) is 0.833. The van der Waals surface area contributed by atoms with E-state index in [1.165, 1.54) is 5.57 Å². The second kappa shape index (κ2) is 6.43. The zero-order chi connectivity index (χ0) is 14.9. The van der Waals surface area contributed by atoms with Crippen LogP contribution in [-0.4, -0.2) is 17.0 Å². The SMILES string of the molecule is C=C1C[C@H]2C[C@@H](O)[C@H]([C@@H](CC)CC(C)C(=O)CC)[C@@H]2C1. The summed E-state index contributed by atoms with van der Waals surface area (Å²) >= 11 is 0. The lowest BCUT2D eigenvalue weighted by atomic mass is 9.75. The fourth-order valence-corrected chi connectivity index (χ4v) is 4.76. The number of aliphatic hydroxyl groups is 1. The fourth-order valence-electron chi connectivity index (χ4n) is 4.76. The lowest BCUT2D eigenvalue weighted by Gasteiger charge is -2.31. The van der Waals surface area contributed by atoms with Crippen molar-refractivity contribution in [2.24, 2.45) is 29.6 Å². The minimum atomic E-state index is -0.160. The average Bonchev–Trinajstić information content (AvgIpc) is 2.89. The molecule has 6 atom stereocenters. The van der Waals surface area contributed by atoms with Gasteiger partial charge in [-0.3, -0.25) is 4.79 Å². The molecule has 20 heavy (non-hydrogen) atoms. The van der Waals surface area contributed by atoms with E-state index in [0.29, 0.717) is 35.9 Å². The monoisotopic (exact) mass is 278 g/mol. The van der Waals surface area contributed by atoms with Gasteiger partial charge in [-0.15, -0.1) is 0 Å². The maximum Gasteiger partial charge on any atom is 0.135 e. The van der Waals surface area contributed by atoms with Crippen LogP contribution in [0.5, 0.6) is 0 Å². The molecule has 0 aromatic rings. The highest BCUT2D eigenvalue weighted by Crippen LogP contribution is 2.53. The van der Waals surface area contributed by atoms with Crippen LogP contribution < -0.4 is 0 Å². The third-order valence-electron chi connectivity index (χ3n) is 5.79. The second-order valence-electron chi connectivity index (χ2n) is 7.09. The van der Waals surface area contributed by atoms with Crippen LogP contribution in [0.25, 0.3) is 0 Å². The van der Waals surface area contributed by atoms with E-state index in [0.717, 1.165) is 32.1 Å². The van der Waals surface area contributed by atoms with Gasteiger partial charge in [0.15, 0.2) is 0 Å². The van der Waals surface area contributed by atoms with Gasteiger partial charge >= 0.3 is 0 Å². The van der Waals surface area contributed by atoms with Crippen molar-refractivity contribution in [1.82, 2.24) is 0 Å². The Morgan fingerprint density at radius 3 is 2.70 bits per heavy atom. The summed E-state index contributed by atoms with van der Waals surface area (Å²) < 4.78 is 0. The molecule has 0 bridgehead atoms. The minimum absolute atomic E-state index is 0.140. The largest absolute Gasteiger partial charge is 0.393 e. The Hall–Kier alpha value is -0.630. The van der Waals surface area contributed by atoms with Gasteiger partial charge in [-0.2, -0.15) is 0 Å². The van der Waals surface area contributed by atoms with Crippen molar-refractivity contribution in [3.05, 3.63) is 12.2 Å². The molecule has 0 aliphatic heterocycles. The summed E-state index contributed by atoms with van der Waals surface area (Å²) in [5.41, 5.74) is 1.37. The number of hydrogen-bond donors (Lipinski definition) is 1. The van der Waals surface area contributed by atoms with Crippen LogP contribution in [0.1, 0.15) is 59.3 Å². The first-order valence-corrected chi connectivity index (χ1v) is 8.35. The third kappa shape index (κ3) is 3.00. The van der Waals surface area contributed by atoms with E-state index in [4.69, 9.17) is 0 Å². The molecule has 2 heteroatoms. The van der Waals surface area contributed by atoms with Crippen molar-refractivity contribution < 1.29 is 9.90 Å². The van der Waals surface area contributed by atoms with Crippen LogP contribution in [0.15, 0.2) is 12.2 Å². The van der Waals surface area contributed by atoms with Crippen molar-refractivity contribution in [1.29, 1.82) is 0 Å². The first-order valence-electron chi connectivity index (χ1n) is 8.35. The van der Waals surface area contributed by atoms with Crippen LogP contribution in [0.3, 0.4) is 0 Å². The summed E-state index contributed by atoms with van der Waals surface area (Å²) in [6.45, 7) is 10.4. The predicted molar refractivity (Wildman–Crippen MR) is 82.3 cm³/mol. The molecule has 2 aliphatic carbocycles. The molecule has 1 unspecified atom stereocenters. The van der Waals surface area contributed by atoms with Crippen LogP contribution in [0, 0.1) is 29.6 Å². The Morgan fingerprint density at radius 1 is 1.40 bits per heavy atom. The summed E-state index contributed by atoms with van der Waals surface area (Å²) in [7, 11) is 0. The number of carbonyl (C=O) groups is 1. The van der Waals surface area contributed by atoms with Gasteiger partial charge in [0.1, 0.15) is 5.78 Å². The molecule has 2 nitrogen and oxygen atoms in total. The molecule has 2 fully saturated rings. The molecule has 114 valence electrons. The van der Waals surface area contributed by atoms with Gasteiger partial charge in [-0.25, -0.2) is 0 Å². The standard InChI is InChI=1S/C18H30O2/c1-5-13(9-12(4)16(19)6-2)18-15-8-11(3)7-14(15)10-17(18)20/h12-15,17-18,20H,3,5-10H2,1-2,4H3/t12?,13-,14-,15+,17+,18+/m0/s1. The van der Waals surface area contributed by atoms with Crippen LogP contribution in [-0.2, 0) is 4.79 Å². The summed E-state index contributed by atoms with van der Waals surface area (Å²) in [4.78, 5) is 11.9. The molecule has 2 aliphatic rings. The Bertz CT molecular complexity index is 374. The predicted octanol–water partition coefficient (Wildman–Crippen LogP) is 3.98. The molecule has 0 heterocycles. The zero-order valence-electron chi connectivity index (χ0n) is 13.3. The third-order valence-corrected chi connectivity index (χ3v) is 5.79. The van der Waals surface area contributed by atoms with Gasteiger partial charge in [0, 0.05) is 12.3 Å². The Kier molecular flexibility index (Phi) is 5.06. The second-order valence-corrected chi connectivity index (χ2v) is 7.09. The average molecular weight is 278 g/mol. The smallest absolute Gasteiger partial charge is 0.135 e. The summed E-state index contributed by atoms with van der Waals surface area (Å²) in [6.07, 6.45) is 5.64. The van der Waals surface area contributed by atoms with Gasteiger partial charge in [0.05, 0.1) is 6.10 Å². The Morgan fingerprint density at radius 2 is 2.10 bits per heavy atom. The van der Waals surface area contributed by atoms with Crippen LogP contribution >= 0.6 is 0 Å². The zero-order valence-corrected chi connectivity index (χ0v) is 13.3. The molecular weight excluding hydrogens is 248 g/mol. The number of ketones is 1. The van der Waals surface area contributed by atoms with Crippen LogP contribution in [0.2, 0.25) is 0 Å². The maximum absolute atomic E-state index is 11.9. The van der Waals surface area contributed by atoms with Crippen molar-refractivity contribution in [2.45, 2.75) is 65.4 Å². The molecule has 1 N–H and O–H groups in total. The number of rotatable bonds is 6. The van der Waals surface area contributed by atoms with Gasteiger partial charge in [-0.05, 0) is 49.4 Å². The molecule has 0 spiro atoms. The molecular formula is C18H30O2. The normalized spacial score (nSPS) is 35.9. The van der Waals surface area contributed by atoms with E-state index in [9.17, 15) is 9.90 Å². The topological polar surface area (TPSA) is 37.3 Å². The minimum Gasteiger partial charge on any atom is -0.393 e. The quantitative estimate of drug-likeness (QED) is 0.746. The molecule has 0 aromatic heterocycles. The molecule has 2 saturated carbocycles. The number of carbonyl (C=O) groups excluding carboxylic acids is 1. The number of Topliss-reactive ketones (excluding diaryl/α,β-unsaturated/α-hetero) is 1. The van der Waals surface area contributed by atoms with Crippen LogP contribution in [0.4, 0.5) is 0 Å². The summed E-state index contributed by atoms with van der Waals surface area (Å²) in [5.74, 6) is 2.64. The van der Waals surface area contributed by atoms with E-state index >= 15 is 0 Å². The van der Waals surface area contributed by atoms with E-state index in [1.807, 2.05) is 6.92 Å². The van der Waals surface area contributed by atoms with Gasteiger partial charge in [0.25, 0.3) is 0 Å². The van der Waals surface area contributed by atoms with Crippen molar-refractivity contribution in [3.63, 3.8) is 0 Å². The number of hydrogen-bond acceptors (Lipinski definition) is 2. The summed E-state index contributed by atoms with van der Waals surface area (Å²) in [6, 6.07) is 0. The Labute approximate surface area is 123 Å². The van der Waals surface area contributed by atoms with E-state index in [-0.39, 0.29) is 12.0 Å². The summed E-state index contributed by atoms with van der Waals surface area (Å²) in [5, 5.41) is 10.5. The van der Waals surface area contributed by atoms with E-state index < -0.39 is 0 Å². The highest BCUT2D eigenvalue weighted by Gasteiger charge is 2.48. The van der Waals surface area contributed by atoms with Gasteiger partial charge in [0.2, 0.25) is 0 Å². The molecule has 0 radical (unpaired) electrons. The molecule has 2 rings (SSSR count). The number of allylic oxidation sites excluding steroid dienone is 1. The lowest BCUT2D eigenvalue weighted by Crippen LogP contribution is -2.30. The number of aliphatic hydroxyl groups excluding tert-OH is 1. The van der Waals surface area contributed by atoms with Crippen molar-refractivity contribution >= 4 is 5.78 Å².